The maximum Gasteiger partial charge on any atom is 0.195 e. The van der Waals surface area contributed by atoms with Crippen molar-refractivity contribution in [2.45, 2.75) is 21.2 Å². The van der Waals surface area contributed by atoms with Crippen LogP contribution in [0.3, 0.4) is 0 Å². The SMILES string of the molecule is C=IC(F)C(F)(CC)I=C. The molecule has 0 rings (SSSR count). The van der Waals surface area contributed by atoms with Crippen molar-refractivity contribution in [3.8, 4) is 0 Å². The second-order valence-electron chi connectivity index (χ2n) is 1.70. The van der Waals surface area contributed by atoms with Crippen molar-refractivity contribution in [3.05, 3.63) is 0 Å². The van der Waals surface area contributed by atoms with Crippen LogP contribution in [0.15, 0.2) is 0 Å². The predicted octanol–water partition coefficient (Wildman–Crippen LogP) is 3.16. The molecule has 0 aromatic heterocycles. The molecular formula is C6H10F2I2. The Labute approximate surface area is 79.9 Å². The minimum Gasteiger partial charge on any atom is -0.232 e. The van der Waals surface area contributed by atoms with Gasteiger partial charge in [0.15, 0.2) is 7.85 Å². The highest BCUT2D eigenvalue weighted by molar-refractivity contribution is 14.2. The van der Waals surface area contributed by atoms with Crippen LogP contribution < -0.4 is 0 Å². The van der Waals surface area contributed by atoms with Crippen LogP contribution in [0.2, 0.25) is 0 Å². The molecule has 0 aromatic rings. The van der Waals surface area contributed by atoms with Gasteiger partial charge in [-0.3, -0.25) is 0 Å². The summed E-state index contributed by atoms with van der Waals surface area (Å²) in [5, 5.41) is 0. The van der Waals surface area contributed by atoms with Crippen molar-refractivity contribution < 1.29 is 8.78 Å². The molecule has 0 fully saturated rings. The molecule has 0 aliphatic rings. The zero-order chi connectivity index (χ0) is 8.20. The summed E-state index contributed by atoms with van der Waals surface area (Å²) in [4.78, 5) is 0. The van der Waals surface area contributed by atoms with E-state index in [1.54, 1.807) is 6.92 Å². The number of hydrogen-bond acceptors (Lipinski definition) is 0. The van der Waals surface area contributed by atoms with Gasteiger partial charge in [0.25, 0.3) is 0 Å². The molecule has 0 spiro atoms. The van der Waals surface area contributed by atoms with Crippen molar-refractivity contribution in [3.63, 3.8) is 0 Å². The van der Waals surface area contributed by atoms with Gasteiger partial charge < -0.3 is 0 Å². The van der Waals surface area contributed by atoms with Crippen molar-refractivity contribution in [1.82, 2.24) is 0 Å². The van der Waals surface area contributed by atoms with Gasteiger partial charge in [0, 0.05) is 0 Å². The Morgan fingerprint density at radius 3 is 2.20 bits per heavy atom. The van der Waals surface area contributed by atoms with E-state index in [1.807, 2.05) is 0 Å². The van der Waals surface area contributed by atoms with Gasteiger partial charge in [-0.2, -0.15) is 0 Å². The molecule has 0 saturated carbocycles. The Morgan fingerprint density at radius 1 is 1.60 bits per heavy atom. The van der Waals surface area contributed by atoms with Gasteiger partial charge in [-0.1, -0.05) is 57.4 Å². The van der Waals surface area contributed by atoms with E-state index in [9.17, 15) is 8.78 Å². The summed E-state index contributed by atoms with van der Waals surface area (Å²) in [6.07, 6.45) is 0.250. The normalized spacial score (nSPS) is 19.9. The summed E-state index contributed by atoms with van der Waals surface area (Å²) < 4.78 is 30.0. The van der Waals surface area contributed by atoms with E-state index in [4.69, 9.17) is 0 Å². The Balaban J connectivity index is 4.30. The molecule has 0 radical (unpaired) electrons. The minimum atomic E-state index is -1.59. The summed E-state index contributed by atoms with van der Waals surface area (Å²) in [6.45, 7) is 1.66. The Hall–Kier alpha value is 1.06. The van der Waals surface area contributed by atoms with Gasteiger partial charge in [-0.15, -0.1) is 0 Å². The van der Waals surface area contributed by atoms with Crippen molar-refractivity contribution in [2.24, 2.45) is 0 Å². The zero-order valence-corrected chi connectivity index (χ0v) is 10.0. The van der Waals surface area contributed by atoms with Crippen LogP contribution in [-0.4, -0.2) is 16.9 Å². The van der Waals surface area contributed by atoms with Crippen LogP contribution in [0.1, 0.15) is 13.3 Å². The van der Waals surface area contributed by atoms with Gasteiger partial charge in [0.1, 0.15) is 0 Å². The zero-order valence-electron chi connectivity index (χ0n) is 5.71. The third-order valence-electron chi connectivity index (χ3n) is 1.15. The van der Waals surface area contributed by atoms with Crippen LogP contribution in [0, 0.1) is 0 Å². The smallest absolute Gasteiger partial charge is 0.195 e. The van der Waals surface area contributed by atoms with Crippen molar-refractivity contribution in [1.29, 1.82) is 0 Å². The third kappa shape index (κ3) is 2.60. The van der Waals surface area contributed by atoms with Gasteiger partial charge in [-0.25, -0.2) is 8.78 Å². The second-order valence-corrected chi connectivity index (χ2v) is 6.23. The van der Waals surface area contributed by atoms with Crippen LogP contribution in [0.25, 0.3) is 0 Å². The Kier molecular flexibility index (Phi) is 5.35. The van der Waals surface area contributed by atoms with E-state index in [0.717, 1.165) is 0 Å². The standard InChI is InChI=1S/C6H10F2I2/c1-4-6(8,10-3)5(7)9-2/h5H,2-4H2,1H3. The highest BCUT2D eigenvalue weighted by Crippen LogP contribution is 2.39. The highest BCUT2D eigenvalue weighted by Gasteiger charge is 2.33. The highest BCUT2D eigenvalue weighted by atomic mass is 127. The molecule has 10 heavy (non-hydrogen) atoms. The number of alkyl halides is 4. The van der Waals surface area contributed by atoms with Crippen LogP contribution in [0.4, 0.5) is 8.78 Å². The number of hydrogen-bond donors (Lipinski definition) is 0. The summed E-state index contributed by atoms with van der Waals surface area (Å²) in [7, 11) is 0. The van der Waals surface area contributed by atoms with E-state index in [1.165, 1.54) is 0 Å². The first kappa shape index (κ1) is 11.1. The third-order valence-corrected chi connectivity index (χ3v) is 6.68. The molecule has 0 heterocycles. The molecule has 0 aromatic carbocycles. The van der Waals surface area contributed by atoms with E-state index >= 15 is 0 Å². The largest absolute Gasteiger partial charge is 0.232 e. The van der Waals surface area contributed by atoms with Crippen molar-refractivity contribution >= 4 is 50.5 Å². The summed E-state index contributed by atoms with van der Waals surface area (Å²) in [6, 6.07) is 0. The van der Waals surface area contributed by atoms with E-state index < -0.39 is 49.3 Å². The van der Waals surface area contributed by atoms with Gasteiger partial charge in [0.05, 0.1) is 0 Å². The number of rotatable bonds is 4. The second kappa shape index (κ2) is 4.84. The Morgan fingerprint density at radius 2 is 2.10 bits per heavy atom. The van der Waals surface area contributed by atoms with E-state index in [0.29, 0.717) is 0 Å². The lowest BCUT2D eigenvalue weighted by Crippen LogP contribution is -2.22. The molecule has 0 aliphatic heterocycles. The first-order valence-corrected chi connectivity index (χ1v) is 8.07. The Bertz CT molecular complexity index is 138. The predicted molar refractivity (Wildman–Crippen MR) is 61.3 cm³/mol. The number of halogens is 4. The van der Waals surface area contributed by atoms with Gasteiger partial charge >= 0.3 is 0 Å². The van der Waals surface area contributed by atoms with Gasteiger partial charge in [-0.05, 0) is 6.42 Å². The van der Waals surface area contributed by atoms with E-state index in [-0.39, 0.29) is 6.42 Å². The molecule has 62 valence electrons. The van der Waals surface area contributed by atoms with Crippen LogP contribution in [0.5, 0.6) is 0 Å². The molecule has 0 bridgehead atoms. The lowest BCUT2D eigenvalue weighted by Gasteiger charge is -2.19. The summed E-state index contributed by atoms with van der Waals surface area (Å²) in [5.41, 5.74) is 0. The fourth-order valence-electron chi connectivity index (χ4n) is 0.420. The topological polar surface area (TPSA) is 0 Å². The molecule has 0 saturated heterocycles. The molecule has 2 atom stereocenters. The first-order chi connectivity index (χ1) is 4.60. The van der Waals surface area contributed by atoms with Crippen LogP contribution in [-0.2, 0) is 0 Å². The lowest BCUT2D eigenvalue weighted by molar-refractivity contribution is 0.223. The maximum absolute atomic E-state index is 13.2. The van der Waals surface area contributed by atoms with Gasteiger partial charge in [0.2, 0.25) is 0 Å². The quantitative estimate of drug-likeness (QED) is 0.524. The lowest BCUT2D eigenvalue weighted by atomic mass is 10.3. The molecule has 0 nitrogen and oxygen atoms in total. The molecule has 4 heteroatoms. The van der Waals surface area contributed by atoms with Crippen LogP contribution >= 0.6 is 41.5 Å². The average molecular weight is 374 g/mol. The summed E-state index contributed by atoms with van der Waals surface area (Å²) in [5.74, 6) is 0. The molecule has 0 N–H and O–H groups in total. The summed E-state index contributed by atoms with van der Waals surface area (Å²) >= 11 is -1.75. The molecule has 0 aliphatic carbocycles. The first-order valence-electron chi connectivity index (χ1n) is 2.70. The minimum absolute atomic E-state index is 0.250. The van der Waals surface area contributed by atoms with Crippen molar-refractivity contribution in [2.75, 3.05) is 0 Å². The fraction of sp³-hybridized carbons (Fsp3) is 0.667. The molecule has 0 amide bonds. The average Bonchev–Trinajstić information content (AvgIpc) is 2.01. The fourth-order valence-corrected chi connectivity index (χ4v) is 4.61. The molecular weight excluding hydrogens is 364 g/mol. The maximum atomic E-state index is 13.2. The van der Waals surface area contributed by atoms with E-state index in [2.05, 4.69) is 9.03 Å². The molecule has 2 unspecified atom stereocenters. The monoisotopic (exact) mass is 374 g/mol.